The van der Waals surface area contributed by atoms with Gasteiger partial charge in [0.2, 0.25) is 0 Å². The Morgan fingerprint density at radius 2 is 2.22 bits per heavy atom. The zero-order chi connectivity index (χ0) is 11.5. The van der Waals surface area contributed by atoms with Crippen molar-refractivity contribution in [1.29, 1.82) is 0 Å². The van der Waals surface area contributed by atoms with Crippen LogP contribution in [0.3, 0.4) is 0 Å². The molecule has 18 heavy (non-hydrogen) atoms. The Kier molecular flexibility index (Phi) is 4.87. The summed E-state index contributed by atoms with van der Waals surface area (Å²) in [6.07, 6.45) is 1.21. The van der Waals surface area contributed by atoms with E-state index in [0.29, 0.717) is 5.92 Å². The zero-order valence-electron chi connectivity index (χ0n) is 10.6. The number of nitrogens with zero attached hydrogens (tertiary/aromatic N) is 1. The second-order valence-corrected chi connectivity index (χ2v) is 4.98. The molecule has 1 aromatic carbocycles. The number of anilines is 1. The maximum Gasteiger partial charge on any atom is 0.0512 e. The lowest BCUT2D eigenvalue weighted by atomic mass is 10.1. The molecule has 100 valence electrons. The van der Waals surface area contributed by atoms with Crippen molar-refractivity contribution in [3.8, 4) is 0 Å². The Morgan fingerprint density at radius 3 is 3.06 bits per heavy atom. The average molecular weight is 269 g/mol. The lowest BCUT2D eigenvalue weighted by Crippen LogP contribution is -2.33. The summed E-state index contributed by atoms with van der Waals surface area (Å²) in [5, 5.41) is 3.49. The van der Waals surface area contributed by atoms with Gasteiger partial charge in [-0.1, -0.05) is 18.2 Å². The Balaban J connectivity index is 0.00000120. The van der Waals surface area contributed by atoms with Gasteiger partial charge in [0.1, 0.15) is 0 Å². The first-order valence-corrected chi connectivity index (χ1v) is 6.55. The van der Waals surface area contributed by atoms with Crippen molar-refractivity contribution in [2.24, 2.45) is 5.92 Å². The largest absolute Gasteiger partial charge is 0.381 e. The summed E-state index contributed by atoms with van der Waals surface area (Å²) in [5.41, 5.74) is 2.83. The molecular weight excluding hydrogens is 248 g/mol. The van der Waals surface area contributed by atoms with Crippen molar-refractivity contribution >= 4 is 18.1 Å². The molecule has 0 radical (unpaired) electrons. The zero-order valence-corrected chi connectivity index (χ0v) is 11.4. The van der Waals surface area contributed by atoms with Crippen LogP contribution >= 0.6 is 12.4 Å². The molecule has 0 aromatic heterocycles. The van der Waals surface area contributed by atoms with Crippen LogP contribution in [0.1, 0.15) is 12.0 Å². The third-order valence-corrected chi connectivity index (χ3v) is 3.71. The smallest absolute Gasteiger partial charge is 0.0512 e. The van der Waals surface area contributed by atoms with E-state index in [1.54, 1.807) is 0 Å². The molecular formula is C14H21ClN2O. The van der Waals surface area contributed by atoms with Crippen LogP contribution in [-0.2, 0) is 11.3 Å². The molecule has 0 saturated carbocycles. The number of halogens is 1. The molecule has 1 aromatic rings. The highest BCUT2D eigenvalue weighted by molar-refractivity contribution is 5.85. The van der Waals surface area contributed by atoms with Gasteiger partial charge in [0.05, 0.1) is 6.61 Å². The van der Waals surface area contributed by atoms with Gasteiger partial charge in [-0.2, -0.15) is 0 Å². The van der Waals surface area contributed by atoms with Gasteiger partial charge in [-0.25, -0.2) is 0 Å². The minimum absolute atomic E-state index is 0. The molecule has 0 spiro atoms. The number of nitrogens with one attached hydrogen (secondary N) is 1. The van der Waals surface area contributed by atoms with Gasteiger partial charge in [-0.3, -0.25) is 0 Å². The summed E-state index contributed by atoms with van der Waals surface area (Å²) in [6.45, 7) is 6.19. The summed E-state index contributed by atoms with van der Waals surface area (Å²) in [5.74, 6) is 0.709. The minimum Gasteiger partial charge on any atom is -0.381 e. The maximum atomic E-state index is 5.48. The summed E-state index contributed by atoms with van der Waals surface area (Å²) < 4.78 is 5.48. The van der Waals surface area contributed by atoms with E-state index in [9.17, 15) is 0 Å². The van der Waals surface area contributed by atoms with Crippen LogP contribution in [0.5, 0.6) is 0 Å². The highest BCUT2D eigenvalue weighted by Crippen LogP contribution is 2.24. The Labute approximate surface area is 115 Å². The quantitative estimate of drug-likeness (QED) is 0.889. The molecule has 0 bridgehead atoms. The topological polar surface area (TPSA) is 24.5 Å². The molecule has 1 fully saturated rings. The fraction of sp³-hybridized carbons (Fsp3) is 0.571. The van der Waals surface area contributed by atoms with Gasteiger partial charge in [0, 0.05) is 44.4 Å². The summed E-state index contributed by atoms with van der Waals surface area (Å²) >= 11 is 0. The molecule has 3 nitrogen and oxygen atoms in total. The molecule has 0 aliphatic carbocycles. The fourth-order valence-electron chi connectivity index (χ4n) is 2.75. The fourth-order valence-corrected chi connectivity index (χ4v) is 2.75. The van der Waals surface area contributed by atoms with Crippen molar-refractivity contribution in [1.82, 2.24) is 5.32 Å². The van der Waals surface area contributed by atoms with Crippen molar-refractivity contribution < 1.29 is 4.74 Å². The third-order valence-electron chi connectivity index (χ3n) is 3.71. The average Bonchev–Trinajstić information content (AvgIpc) is 2.78. The predicted molar refractivity (Wildman–Crippen MR) is 76.5 cm³/mol. The van der Waals surface area contributed by atoms with Crippen LogP contribution in [0.15, 0.2) is 24.3 Å². The first-order chi connectivity index (χ1) is 8.43. The number of para-hydroxylation sites is 1. The van der Waals surface area contributed by atoms with E-state index in [1.807, 2.05) is 0 Å². The number of ether oxygens (including phenoxy) is 1. The number of fused-ring (bicyclic) bond motifs is 1. The standard InChI is InChI=1S/C14H20N2O.ClH/c1-2-4-14-13(3-1)9-15-6-7-16(14)10-12-5-8-17-11-12;/h1-4,12,15H,5-11H2;1H. The molecule has 1 N–H and O–H groups in total. The van der Waals surface area contributed by atoms with E-state index in [4.69, 9.17) is 4.74 Å². The van der Waals surface area contributed by atoms with Crippen LogP contribution in [0.4, 0.5) is 5.69 Å². The minimum atomic E-state index is 0. The van der Waals surface area contributed by atoms with E-state index < -0.39 is 0 Å². The third kappa shape index (κ3) is 2.97. The summed E-state index contributed by atoms with van der Waals surface area (Å²) in [7, 11) is 0. The van der Waals surface area contributed by atoms with Crippen LogP contribution in [0.25, 0.3) is 0 Å². The Hall–Kier alpha value is -0.770. The second-order valence-electron chi connectivity index (χ2n) is 4.98. The number of rotatable bonds is 2. The second kappa shape index (κ2) is 6.41. The monoisotopic (exact) mass is 268 g/mol. The van der Waals surface area contributed by atoms with E-state index in [1.165, 1.54) is 17.7 Å². The predicted octanol–water partition coefficient (Wildman–Crippen LogP) is 2.05. The molecule has 1 saturated heterocycles. The van der Waals surface area contributed by atoms with E-state index in [-0.39, 0.29) is 12.4 Å². The number of hydrogen-bond acceptors (Lipinski definition) is 3. The molecule has 1 atom stereocenters. The maximum absolute atomic E-state index is 5.48. The van der Waals surface area contributed by atoms with Crippen LogP contribution in [-0.4, -0.2) is 32.8 Å². The Bertz CT molecular complexity index is 380. The molecule has 0 amide bonds. The molecule has 2 heterocycles. The van der Waals surface area contributed by atoms with Crippen molar-refractivity contribution in [2.45, 2.75) is 13.0 Å². The molecule has 2 aliphatic rings. The highest BCUT2D eigenvalue weighted by atomic mass is 35.5. The van der Waals surface area contributed by atoms with Gasteiger partial charge in [-0.05, 0) is 18.1 Å². The molecule has 2 aliphatic heterocycles. The first-order valence-electron chi connectivity index (χ1n) is 6.55. The lowest BCUT2D eigenvalue weighted by Gasteiger charge is -2.27. The van der Waals surface area contributed by atoms with E-state index in [0.717, 1.165) is 39.4 Å². The lowest BCUT2D eigenvalue weighted by molar-refractivity contribution is 0.186. The number of hydrogen-bond donors (Lipinski definition) is 1. The van der Waals surface area contributed by atoms with Gasteiger partial charge in [0.25, 0.3) is 0 Å². The van der Waals surface area contributed by atoms with E-state index in [2.05, 4.69) is 34.5 Å². The van der Waals surface area contributed by atoms with Gasteiger partial charge in [0.15, 0.2) is 0 Å². The molecule has 1 unspecified atom stereocenters. The van der Waals surface area contributed by atoms with Gasteiger partial charge < -0.3 is 15.0 Å². The summed E-state index contributed by atoms with van der Waals surface area (Å²) in [6, 6.07) is 8.74. The normalized spacial score (nSPS) is 23.1. The van der Waals surface area contributed by atoms with Gasteiger partial charge >= 0.3 is 0 Å². The van der Waals surface area contributed by atoms with Crippen LogP contribution in [0, 0.1) is 5.92 Å². The van der Waals surface area contributed by atoms with Crippen molar-refractivity contribution in [3.05, 3.63) is 29.8 Å². The summed E-state index contributed by atoms with van der Waals surface area (Å²) in [4.78, 5) is 2.52. The highest BCUT2D eigenvalue weighted by Gasteiger charge is 2.21. The SMILES string of the molecule is Cl.c1ccc2c(c1)CNCCN2CC1CCOC1. The van der Waals surface area contributed by atoms with Crippen molar-refractivity contribution in [3.63, 3.8) is 0 Å². The first kappa shape index (κ1) is 13.7. The van der Waals surface area contributed by atoms with Crippen LogP contribution < -0.4 is 10.2 Å². The van der Waals surface area contributed by atoms with Gasteiger partial charge in [-0.15, -0.1) is 12.4 Å². The van der Waals surface area contributed by atoms with E-state index >= 15 is 0 Å². The Morgan fingerprint density at radius 1 is 1.33 bits per heavy atom. The van der Waals surface area contributed by atoms with Crippen molar-refractivity contribution in [2.75, 3.05) is 37.7 Å². The number of benzene rings is 1. The van der Waals surface area contributed by atoms with Crippen LogP contribution in [0.2, 0.25) is 0 Å². The molecule has 4 heteroatoms. The molecule has 3 rings (SSSR count).